The van der Waals surface area contributed by atoms with Gasteiger partial charge in [-0.05, 0) is 36.8 Å². The fraction of sp³-hybridized carbons (Fsp3) is 0.435. The number of rotatable bonds is 10. The number of carbonyl (C=O) groups is 3. The van der Waals surface area contributed by atoms with Crippen molar-refractivity contribution < 1.29 is 24.2 Å². The lowest BCUT2D eigenvalue weighted by Gasteiger charge is -2.26. The van der Waals surface area contributed by atoms with Gasteiger partial charge in [0.15, 0.2) is 0 Å². The van der Waals surface area contributed by atoms with Gasteiger partial charge in [0.1, 0.15) is 12.6 Å². The molecule has 0 aliphatic carbocycles. The normalized spacial score (nSPS) is 19.3. The van der Waals surface area contributed by atoms with Crippen LogP contribution in [0.2, 0.25) is 0 Å². The van der Waals surface area contributed by atoms with Crippen molar-refractivity contribution >= 4 is 53.4 Å². The molecule has 2 unspecified atom stereocenters. The molecule has 3 rings (SSSR count). The molecule has 0 spiro atoms. The second kappa shape index (κ2) is 13.6. The fourth-order valence-electron chi connectivity index (χ4n) is 3.63. The van der Waals surface area contributed by atoms with Crippen molar-refractivity contribution in [2.45, 2.75) is 37.1 Å². The van der Waals surface area contributed by atoms with Crippen LogP contribution in [-0.2, 0) is 25.5 Å². The number of carboxylic acid groups (broad SMARTS) is 1. The summed E-state index contributed by atoms with van der Waals surface area (Å²) in [4.78, 5) is 39.7. The Bertz CT molecular complexity index is 898. The predicted molar refractivity (Wildman–Crippen MR) is 133 cm³/mol. The molecule has 1 aromatic heterocycles. The fourth-order valence-corrected chi connectivity index (χ4v) is 5.89. The third-order valence-corrected chi connectivity index (χ3v) is 7.65. The number of esters is 1. The van der Waals surface area contributed by atoms with E-state index in [2.05, 4.69) is 5.32 Å². The molecule has 3 atom stereocenters. The van der Waals surface area contributed by atoms with Crippen LogP contribution < -0.4 is 5.32 Å². The van der Waals surface area contributed by atoms with Crippen molar-refractivity contribution in [1.29, 1.82) is 0 Å². The van der Waals surface area contributed by atoms with Gasteiger partial charge >= 0.3 is 11.9 Å². The Balaban J connectivity index is 0.00000385. The SMILES string of the molecule is CCOC(=O)[C@@H](CCc1ccccc1)NC1CSC(c2cccs2)CN(CC(=O)O)C1=O.Cl. The maximum Gasteiger partial charge on any atom is 0.323 e. The molecule has 1 aromatic carbocycles. The lowest BCUT2D eigenvalue weighted by atomic mass is 10.0. The van der Waals surface area contributed by atoms with Crippen LogP contribution in [0.15, 0.2) is 47.8 Å². The van der Waals surface area contributed by atoms with Crippen molar-refractivity contribution in [3.8, 4) is 0 Å². The summed E-state index contributed by atoms with van der Waals surface area (Å²) in [6.45, 7) is 1.95. The van der Waals surface area contributed by atoms with Gasteiger partial charge in [-0.3, -0.25) is 19.7 Å². The highest BCUT2D eigenvalue weighted by atomic mass is 35.5. The van der Waals surface area contributed by atoms with Crippen molar-refractivity contribution in [2.24, 2.45) is 0 Å². The van der Waals surface area contributed by atoms with E-state index < -0.39 is 24.0 Å². The summed E-state index contributed by atoms with van der Waals surface area (Å²) in [5, 5.41) is 14.5. The van der Waals surface area contributed by atoms with Crippen LogP contribution >= 0.6 is 35.5 Å². The molecule has 2 aromatic rings. The average Bonchev–Trinajstić information content (AvgIpc) is 3.27. The van der Waals surface area contributed by atoms with Crippen LogP contribution in [0, 0.1) is 0 Å². The predicted octanol–water partition coefficient (Wildman–Crippen LogP) is 3.39. The Labute approximate surface area is 208 Å². The summed E-state index contributed by atoms with van der Waals surface area (Å²) in [5.74, 6) is -1.31. The number of amides is 1. The molecule has 1 aliphatic rings. The number of hydrogen-bond donors (Lipinski definition) is 2. The number of carboxylic acids is 1. The van der Waals surface area contributed by atoms with Gasteiger partial charge in [0.2, 0.25) is 5.91 Å². The van der Waals surface area contributed by atoms with E-state index in [1.165, 1.54) is 4.90 Å². The van der Waals surface area contributed by atoms with E-state index in [-0.39, 0.29) is 36.7 Å². The lowest BCUT2D eigenvalue weighted by molar-refractivity contribution is -0.148. The summed E-state index contributed by atoms with van der Waals surface area (Å²) < 4.78 is 5.25. The summed E-state index contributed by atoms with van der Waals surface area (Å²) in [6, 6.07) is 12.4. The van der Waals surface area contributed by atoms with E-state index in [1.807, 2.05) is 47.8 Å². The third-order valence-electron chi connectivity index (χ3n) is 5.18. The number of benzene rings is 1. The minimum absolute atomic E-state index is 0. The van der Waals surface area contributed by atoms with Crippen molar-refractivity contribution in [3.63, 3.8) is 0 Å². The van der Waals surface area contributed by atoms with E-state index in [0.717, 1.165) is 10.4 Å². The molecule has 0 radical (unpaired) electrons. The van der Waals surface area contributed by atoms with E-state index in [0.29, 0.717) is 25.1 Å². The van der Waals surface area contributed by atoms with Gasteiger partial charge in [-0.2, -0.15) is 0 Å². The van der Waals surface area contributed by atoms with Crippen LogP contribution in [-0.4, -0.2) is 65.4 Å². The van der Waals surface area contributed by atoms with Crippen molar-refractivity contribution in [1.82, 2.24) is 10.2 Å². The summed E-state index contributed by atoms with van der Waals surface area (Å²) in [6.07, 6.45) is 1.13. The average molecular weight is 513 g/mol. The van der Waals surface area contributed by atoms with Crippen LogP contribution in [0.25, 0.3) is 0 Å². The molecule has 10 heteroatoms. The summed E-state index contributed by atoms with van der Waals surface area (Å²) in [7, 11) is 0. The number of aliphatic carboxylic acids is 1. The second-order valence-corrected chi connectivity index (χ2v) is 9.71. The number of nitrogens with one attached hydrogen (secondary N) is 1. The molecule has 0 bridgehead atoms. The number of aryl methyl sites for hydroxylation is 1. The molecule has 1 amide bonds. The maximum absolute atomic E-state index is 13.2. The largest absolute Gasteiger partial charge is 0.480 e. The molecule has 1 aliphatic heterocycles. The molecule has 2 N–H and O–H groups in total. The van der Waals surface area contributed by atoms with Crippen LogP contribution in [0.4, 0.5) is 0 Å². The zero-order chi connectivity index (χ0) is 22.9. The second-order valence-electron chi connectivity index (χ2n) is 7.50. The molecular formula is C23H29ClN2O5S2. The quantitative estimate of drug-likeness (QED) is 0.471. The Morgan fingerprint density at radius 2 is 2.00 bits per heavy atom. The molecule has 0 saturated carbocycles. The third kappa shape index (κ3) is 8.03. The van der Waals surface area contributed by atoms with Crippen LogP contribution in [0.3, 0.4) is 0 Å². The standard InChI is InChI=1S/C23H28N2O5S2.ClH/c1-2-30-23(29)17(11-10-16-7-4-3-5-8-16)24-18-15-32-20(19-9-6-12-31-19)13-25(22(18)28)14-21(26)27;/h3-9,12,17-18,20,24H,2,10-11,13-15H2,1H3,(H,26,27);1H/t17-,18?,20?;/m1./s1. The van der Waals surface area contributed by atoms with Gasteiger partial charge in [0, 0.05) is 17.2 Å². The van der Waals surface area contributed by atoms with Crippen molar-refractivity contribution in [3.05, 3.63) is 58.3 Å². The lowest BCUT2D eigenvalue weighted by Crippen LogP contribution is -2.53. The highest BCUT2D eigenvalue weighted by Gasteiger charge is 2.36. The Kier molecular flexibility index (Phi) is 11.2. The number of hydrogen-bond acceptors (Lipinski definition) is 7. The molecule has 7 nitrogen and oxygen atoms in total. The first kappa shape index (κ1) is 27.2. The first-order valence-electron chi connectivity index (χ1n) is 10.6. The van der Waals surface area contributed by atoms with Gasteiger partial charge in [-0.15, -0.1) is 35.5 Å². The number of thioether (sulfide) groups is 1. The molecule has 180 valence electrons. The van der Waals surface area contributed by atoms with Crippen LogP contribution in [0.5, 0.6) is 0 Å². The van der Waals surface area contributed by atoms with Gasteiger partial charge < -0.3 is 14.7 Å². The first-order valence-corrected chi connectivity index (χ1v) is 12.5. The minimum atomic E-state index is -1.06. The Morgan fingerprint density at radius 3 is 2.64 bits per heavy atom. The number of carbonyl (C=O) groups excluding carboxylic acids is 2. The summed E-state index contributed by atoms with van der Waals surface area (Å²) >= 11 is 3.20. The minimum Gasteiger partial charge on any atom is -0.480 e. The van der Waals surface area contributed by atoms with E-state index in [1.54, 1.807) is 30.0 Å². The maximum atomic E-state index is 13.2. The molecule has 2 heterocycles. The zero-order valence-corrected chi connectivity index (χ0v) is 20.8. The molecular weight excluding hydrogens is 484 g/mol. The van der Waals surface area contributed by atoms with Crippen molar-refractivity contribution in [2.75, 3.05) is 25.4 Å². The van der Waals surface area contributed by atoms with E-state index in [9.17, 15) is 19.5 Å². The number of ether oxygens (including phenoxy) is 1. The number of nitrogens with zero attached hydrogens (tertiary/aromatic N) is 1. The number of halogens is 1. The van der Waals surface area contributed by atoms with Crippen LogP contribution in [0.1, 0.15) is 29.0 Å². The van der Waals surface area contributed by atoms with E-state index >= 15 is 0 Å². The summed E-state index contributed by atoms with van der Waals surface area (Å²) in [5.41, 5.74) is 1.09. The Hall–Kier alpha value is -2.07. The van der Waals surface area contributed by atoms with Gasteiger partial charge in [0.25, 0.3) is 0 Å². The monoisotopic (exact) mass is 512 g/mol. The first-order chi connectivity index (χ1) is 15.5. The molecule has 1 saturated heterocycles. The zero-order valence-electron chi connectivity index (χ0n) is 18.3. The molecule has 1 fully saturated rings. The molecule has 33 heavy (non-hydrogen) atoms. The highest BCUT2D eigenvalue weighted by Crippen LogP contribution is 2.35. The topological polar surface area (TPSA) is 95.9 Å². The van der Waals surface area contributed by atoms with Gasteiger partial charge in [0.05, 0.1) is 17.9 Å². The van der Waals surface area contributed by atoms with E-state index in [4.69, 9.17) is 4.74 Å². The number of thiophene rings is 1. The van der Waals surface area contributed by atoms with Gasteiger partial charge in [-0.1, -0.05) is 36.4 Å². The van der Waals surface area contributed by atoms with Gasteiger partial charge in [-0.25, -0.2) is 0 Å². The smallest absolute Gasteiger partial charge is 0.323 e. The Morgan fingerprint density at radius 1 is 1.24 bits per heavy atom. The highest BCUT2D eigenvalue weighted by molar-refractivity contribution is 7.99.